The van der Waals surface area contributed by atoms with Crippen LogP contribution in [0, 0.1) is 24.4 Å². The van der Waals surface area contributed by atoms with E-state index in [0.29, 0.717) is 44.3 Å². The van der Waals surface area contributed by atoms with Crippen molar-refractivity contribution in [3.8, 4) is 33.6 Å². The number of rotatable bonds is 5. The third-order valence-corrected chi connectivity index (χ3v) is 12.1. The molecule has 7 rings (SSSR count). The van der Waals surface area contributed by atoms with Gasteiger partial charge in [0.25, 0.3) is 0 Å². The molecule has 3 nitrogen and oxygen atoms in total. The Balaban J connectivity index is 0.000000267. The molecule has 0 atom stereocenters. The van der Waals surface area contributed by atoms with Gasteiger partial charge in [0.1, 0.15) is 5.58 Å². The first-order chi connectivity index (χ1) is 24.4. The Labute approximate surface area is 308 Å². The van der Waals surface area contributed by atoms with Crippen LogP contribution in [0.1, 0.15) is 38.8 Å². The zero-order chi connectivity index (χ0) is 37.5. The molecular weight excluding hydrogens is 825 g/mol. The van der Waals surface area contributed by atoms with Gasteiger partial charge in [0.2, 0.25) is 0 Å². The average molecular weight is 873 g/mol. The van der Waals surface area contributed by atoms with E-state index in [2.05, 4.69) is 51.5 Å². The molecule has 3 heterocycles. The molecule has 0 aliphatic rings. The van der Waals surface area contributed by atoms with E-state index in [1.807, 2.05) is 93.7 Å². The number of fused-ring (bicyclic) bond motifs is 3. The van der Waals surface area contributed by atoms with Crippen LogP contribution in [0.4, 0.5) is 0 Å². The fourth-order valence-corrected chi connectivity index (χ4v) is 7.61. The molecular formula is C43H42GeIrN2O-2. The molecule has 48 heavy (non-hydrogen) atoms. The monoisotopic (exact) mass is 874 g/mol. The molecule has 0 N–H and O–H groups in total. The predicted octanol–water partition coefficient (Wildman–Crippen LogP) is 11.1. The summed E-state index contributed by atoms with van der Waals surface area (Å²) in [4.78, 5) is 8.98. The minimum absolute atomic E-state index is 0. The third kappa shape index (κ3) is 8.23. The molecule has 0 aliphatic heterocycles. The molecule has 3 aromatic heterocycles. The summed E-state index contributed by atoms with van der Waals surface area (Å²) < 4.78 is 49.7. The van der Waals surface area contributed by atoms with E-state index in [4.69, 9.17) is 11.3 Å². The quantitative estimate of drug-likeness (QED) is 0.128. The summed E-state index contributed by atoms with van der Waals surface area (Å²) in [5.74, 6) is 7.14. The van der Waals surface area contributed by atoms with E-state index in [1.54, 1.807) is 30.5 Å². The van der Waals surface area contributed by atoms with Crippen molar-refractivity contribution in [3.63, 3.8) is 0 Å². The zero-order valence-electron chi connectivity index (χ0n) is 33.1. The second-order valence-electron chi connectivity index (χ2n) is 13.7. The number of furan rings is 1. The number of benzene rings is 4. The second kappa shape index (κ2) is 14.7. The minimum Gasteiger partial charge on any atom is 0 e. The first kappa shape index (κ1) is 29.1. The molecule has 0 fully saturated rings. The van der Waals surface area contributed by atoms with Crippen LogP contribution < -0.4 is 4.40 Å². The van der Waals surface area contributed by atoms with Gasteiger partial charge in [0, 0.05) is 33.2 Å². The van der Waals surface area contributed by atoms with Crippen LogP contribution in [0.2, 0.25) is 17.3 Å². The van der Waals surface area contributed by atoms with Gasteiger partial charge in [-0.2, -0.15) is 0 Å². The van der Waals surface area contributed by atoms with Crippen LogP contribution in [0.5, 0.6) is 0 Å². The molecule has 0 aliphatic carbocycles. The topological polar surface area (TPSA) is 38.9 Å². The normalized spacial score (nSPS) is 13.7. The molecule has 0 spiro atoms. The van der Waals surface area contributed by atoms with E-state index in [1.165, 1.54) is 4.40 Å². The summed E-state index contributed by atoms with van der Waals surface area (Å²) >= 11 is -1.72. The van der Waals surface area contributed by atoms with E-state index in [9.17, 15) is 0 Å². The van der Waals surface area contributed by atoms with Gasteiger partial charge in [-0.1, -0.05) is 80.3 Å². The van der Waals surface area contributed by atoms with Gasteiger partial charge in [-0.3, -0.25) is 0 Å². The summed E-state index contributed by atoms with van der Waals surface area (Å²) in [6, 6.07) is 38.9. The minimum atomic E-state index is -2.35. The van der Waals surface area contributed by atoms with Crippen LogP contribution in [0.3, 0.4) is 0 Å². The maximum Gasteiger partial charge on any atom is 0 e. The number of hydrogen-bond donors (Lipinski definition) is 0. The summed E-state index contributed by atoms with van der Waals surface area (Å²) in [6.45, 7) is 3.25. The summed E-state index contributed by atoms with van der Waals surface area (Å²) in [5.41, 5.74) is 5.88. The standard InChI is InChI=1S/C29H26NO.C14H16GeN.Ir/c1-19-23(21-8-6-5-7-9-21)12-13-26-28(19)24-11-10-22(17-27(24)31-26)25-16-20(14-15-30-25)18-29(2,3)4;1-15(2,3)13-9-10-14(16-11-13)12-7-5-4-6-8-12;/h5-16H,18H2,1-4H3;4-7,9-11H,1-3H3;/q2*-1;/i1D3,18D2;;. The van der Waals surface area contributed by atoms with Gasteiger partial charge in [-0.25, -0.2) is 0 Å². The summed E-state index contributed by atoms with van der Waals surface area (Å²) in [5, 5.41) is 1.22. The largest absolute Gasteiger partial charge is 0 e. The van der Waals surface area contributed by atoms with Crippen molar-refractivity contribution in [3.05, 3.63) is 139 Å². The molecule has 0 unspecified atom stereocenters. The smallest absolute Gasteiger partial charge is 0 e. The Morgan fingerprint density at radius 1 is 0.833 bits per heavy atom. The van der Waals surface area contributed by atoms with E-state index in [0.717, 1.165) is 16.8 Å². The summed E-state index contributed by atoms with van der Waals surface area (Å²) in [6.07, 6.45) is 2.08. The van der Waals surface area contributed by atoms with Crippen molar-refractivity contribution in [2.75, 3.05) is 0 Å². The van der Waals surface area contributed by atoms with Crippen molar-refractivity contribution in [2.45, 2.75) is 51.3 Å². The molecule has 0 saturated carbocycles. The van der Waals surface area contributed by atoms with Crippen molar-refractivity contribution in [1.82, 2.24) is 9.97 Å². The SMILES string of the molecule is [2H]C([2H])([2H])c1c(-c2ccccc2)ccc2oc3[c-]c(-c4cc(C([2H])([2H])C(C)(C)C)ccn4)ccc3c12.[CH3][Ge]([CH3])([CH3])[c]1ccc(-c2[c-]cccc2)nc1.[Ir]. The van der Waals surface area contributed by atoms with Gasteiger partial charge < -0.3 is 9.40 Å². The van der Waals surface area contributed by atoms with Crippen molar-refractivity contribution < 1.29 is 31.4 Å². The fraction of sp³-hybridized carbons (Fsp3) is 0.209. The number of aromatic nitrogens is 2. The Morgan fingerprint density at radius 3 is 2.29 bits per heavy atom. The molecule has 0 saturated heterocycles. The molecule has 1 radical (unpaired) electrons. The Hall–Kier alpha value is -3.83. The summed E-state index contributed by atoms with van der Waals surface area (Å²) in [7, 11) is 0. The van der Waals surface area contributed by atoms with E-state index in [-0.39, 0.29) is 25.7 Å². The Morgan fingerprint density at radius 2 is 1.62 bits per heavy atom. The van der Waals surface area contributed by atoms with E-state index < -0.39 is 31.9 Å². The van der Waals surface area contributed by atoms with Crippen molar-refractivity contribution in [2.24, 2.45) is 5.41 Å². The molecule has 0 amide bonds. The van der Waals surface area contributed by atoms with Gasteiger partial charge >= 0.3 is 99.8 Å². The van der Waals surface area contributed by atoms with Crippen LogP contribution >= 0.6 is 0 Å². The first-order valence-electron chi connectivity index (χ1n) is 18.3. The second-order valence-corrected chi connectivity index (χ2v) is 24.4. The molecule has 0 bridgehead atoms. The molecule has 4 aromatic carbocycles. The van der Waals surface area contributed by atoms with Crippen molar-refractivity contribution >= 4 is 39.6 Å². The molecule has 245 valence electrons. The van der Waals surface area contributed by atoms with Crippen LogP contribution in [-0.4, -0.2) is 23.2 Å². The maximum absolute atomic E-state index is 8.61. The Kier molecular flexibility index (Phi) is 8.94. The molecule has 7 aromatic rings. The van der Waals surface area contributed by atoms with Crippen LogP contribution in [0.25, 0.3) is 55.6 Å². The number of aryl methyl sites for hydroxylation is 1. The van der Waals surface area contributed by atoms with Gasteiger partial charge in [-0.15, -0.1) is 17.7 Å². The predicted molar refractivity (Wildman–Crippen MR) is 201 cm³/mol. The van der Waals surface area contributed by atoms with Crippen LogP contribution in [0.15, 0.2) is 120 Å². The average Bonchev–Trinajstić information content (AvgIpc) is 3.49. The number of pyridine rings is 2. The Bertz CT molecular complexity index is 2330. The fourth-order valence-electron chi connectivity index (χ4n) is 5.44. The zero-order valence-corrected chi connectivity index (χ0v) is 32.6. The van der Waals surface area contributed by atoms with Gasteiger partial charge in [0.05, 0.1) is 5.58 Å². The molecule has 5 heteroatoms. The first-order valence-corrected chi connectivity index (χ1v) is 23.2. The third-order valence-electron chi connectivity index (χ3n) is 7.81. The maximum atomic E-state index is 8.61. The van der Waals surface area contributed by atoms with E-state index >= 15 is 0 Å². The number of hydrogen-bond acceptors (Lipinski definition) is 3. The van der Waals surface area contributed by atoms with Gasteiger partial charge in [-0.05, 0) is 58.5 Å². The van der Waals surface area contributed by atoms with Crippen molar-refractivity contribution in [1.29, 1.82) is 0 Å². The van der Waals surface area contributed by atoms with Crippen LogP contribution in [-0.2, 0) is 26.5 Å². The number of nitrogens with zero attached hydrogens (tertiary/aromatic N) is 2. The van der Waals surface area contributed by atoms with Gasteiger partial charge in [0.15, 0.2) is 0 Å².